The molecule has 5 heteroatoms. The highest BCUT2D eigenvalue weighted by Crippen LogP contribution is 2.46. The lowest BCUT2D eigenvalue weighted by Gasteiger charge is -2.41. The minimum absolute atomic E-state index is 0. The molecule has 158 valence electrons. The van der Waals surface area contributed by atoms with Gasteiger partial charge >= 0.3 is 5.63 Å². The predicted molar refractivity (Wildman–Crippen MR) is 126 cm³/mol. The molecule has 2 bridgehead atoms. The van der Waals surface area contributed by atoms with E-state index < -0.39 is 0 Å². The maximum absolute atomic E-state index is 12.7. The first-order chi connectivity index (χ1) is 14.1. The molecule has 1 fully saturated rings. The van der Waals surface area contributed by atoms with Crippen LogP contribution in [0.4, 0.5) is 5.69 Å². The number of nitrogens with zero attached hydrogens (tertiary/aromatic N) is 1. The summed E-state index contributed by atoms with van der Waals surface area (Å²) in [7, 11) is 0. The Bertz CT molecular complexity index is 1100. The minimum atomic E-state index is -0.259. The van der Waals surface area contributed by atoms with Gasteiger partial charge in [0.1, 0.15) is 17.0 Å². The van der Waals surface area contributed by atoms with Gasteiger partial charge in [0.15, 0.2) is 0 Å². The van der Waals surface area contributed by atoms with Crippen LogP contribution < -0.4 is 10.5 Å². The van der Waals surface area contributed by atoms with Gasteiger partial charge in [0, 0.05) is 18.7 Å². The van der Waals surface area contributed by atoms with Crippen molar-refractivity contribution in [2.75, 3.05) is 18.0 Å². The molecular weight excluding hydrogens is 442 g/mol. The summed E-state index contributed by atoms with van der Waals surface area (Å²) in [5.41, 5.74) is 4.35. The molecule has 1 atom stereocenters. The van der Waals surface area contributed by atoms with Gasteiger partial charge in [-0.15, -0.1) is 17.0 Å². The molecule has 6 rings (SSSR count). The second-order valence-electron chi connectivity index (χ2n) is 8.61. The van der Waals surface area contributed by atoms with Crippen LogP contribution in [0.5, 0.6) is 5.75 Å². The van der Waals surface area contributed by atoms with Crippen LogP contribution in [0.1, 0.15) is 61.1 Å². The van der Waals surface area contributed by atoms with Gasteiger partial charge in [0.2, 0.25) is 0 Å². The molecule has 3 aliphatic rings. The normalized spacial score (nSPS) is 16.4. The quantitative estimate of drug-likeness (QED) is 0.472. The summed E-state index contributed by atoms with van der Waals surface area (Å²) in [6, 6.07) is 14.4. The fourth-order valence-corrected chi connectivity index (χ4v) is 5.15. The number of benzene rings is 2. The van der Waals surface area contributed by atoms with Gasteiger partial charge in [-0.3, -0.25) is 0 Å². The molecule has 2 aromatic carbocycles. The summed E-state index contributed by atoms with van der Waals surface area (Å²) in [6.45, 7) is 3.99. The number of piperidine rings is 1. The molecule has 1 N–H and O–H groups in total. The molecule has 4 heterocycles. The molecule has 1 unspecified atom stereocenters. The molecule has 30 heavy (non-hydrogen) atoms. The Labute approximate surface area is 187 Å². The zero-order chi connectivity index (χ0) is 20.0. The van der Waals surface area contributed by atoms with Crippen molar-refractivity contribution < 1.29 is 9.52 Å². The second kappa shape index (κ2) is 8.46. The van der Waals surface area contributed by atoms with Gasteiger partial charge in [0.25, 0.3) is 0 Å². The van der Waals surface area contributed by atoms with E-state index in [1.807, 2.05) is 18.2 Å². The smallest absolute Gasteiger partial charge is 0.360 e. The number of aromatic hydroxyl groups is 1. The number of hydrogen-bond acceptors (Lipinski definition) is 4. The number of rotatable bonds is 5. The Morgan fingerprint density at radius 2 is 1.90 bits per heavy atom. The molecule has 1 aromatic heterocycles. The third kappa shape index (κ3) is 3.64. The van der Waals surface area contributed by atoms with Crippen LogP contribution in [0.15, 0.2) is 51.7 Å². The maximum atomic E-state index is 12.7. The molecule has 0 spiro atoms. The predicted octanol–water partition coefficient (Wildman–Crippen LogP) is 5.90. The number of fused-ring (bicyclic) bond motifs is 3. The standard InChI is InChI=1S/C25H27NO3.BrH/c1-16(6-5-9-17-7-3-2-4-8-17)19-14-20(27)23-21(15-19)29-25(28)24-22(23)18-10-12-26(24)13-11-18;/h2-4,7-8,14-16,18,27H,5-6,9-13H2,1H3;1H. The maximum Gasteiger partial charge on any atom is 0.360 e. The van der Waals surface area contributed by atoms with Crippen molar-refractivity contribution in [3.05, 3.63) is 69.6 Å². The van der Waals surface area contributed by atoms with Crippen LogP contribution in [-0.2, 0) is 6.42 Å². The van der Waals surface area contributed by atoms with Crippen LogP contribution in [0.25, 0.3) is 11.0 Å². The van der Waals surface area contributed by atoms with E-state index in [0.717, 1.165) is 61.7 Å². The van der Waals surface area contributed by atoms with Gasteiger partial charge in [0.05, 0.1) is 5.39 Å². The lowest BCUT2D eigenvalue weighted by molar-refractivity contribution is 0.448. The molecule has 0 amide bonds. The molecule has 3 aromatic rings. The summed E-state index contributed by atoms with van der Waals surface area (Å²) < 4.78 is 5.70. The van der Waals surface area contributed by atoms with Crippen molar-refractivity contribution in [2.45, 2.75) is 50.9 Å². The molecular formula is C25H28BrNO3. The largest absolute Gasteiger partial charge is 0.507 e. The minimum Gasteiger partial charge on any atom is -0.507 e. The molecule has 0 aliphatic carbocycles. The number of hydrogen-bond donors (Lipinski definition) is 1. The summed E-state index contributed by atoms with van der Waals surface area (Å²) in [4.78, 5) is 14.8. The Balaban J connectivity index is 0.00000218. The van der Waals surface area contributed by atoms with E-state index in [2.05, 4.69) is 36.1 Å². The van der Waals surface area contributed by atoms with Gasteiger partial charge in [-0.1, -0.05) is 37.3 Å². The van der Waals surface area contributed by atoms with Crippen molar-refractivity contribution >= 4 is 33.6 Å². The van der Waals surface area contributed by atoms with E-state index in [9.17, 15) is 9.90 Å². The van der Waals surface area contributed by atoms with Gasteiger partial charge in [-0.2, -0.15) is 0 Å². The SMILES string of the molecule is Br.CC(CCCc1ccccc1)c1cc(O)c2c3c(c(=O)oc2c1)N1CCC3CC1. The first kappa shape index (κ1) is 21.0. The summed E-state index contributed by atoms with van der Waals surface area (Å²) in [5.74, 6) is 0.887. The van der Waals surface area contributed by atoms with Crippen molar-refractivity contribution in [2.24, 2.45) is 0 Å². The number of halogens is 1. The summed E-state index contributed by atoms with van der Waals surface area (Å²) >= 11 is 0. The Morgan fingerprint density at radius 3 is 2.63 bits per heavy atom. The fourth-order valence-electron chi connectivity index (χ4n) is 5.15. The zero-order valence-electron chi connectivity index (χ0n) is 17.3. The van der Waals surface area contributed by atoms with Gasteiger partial charge in [-0.05, 0) is 67.2 Å². The highest BCUT2D eigenvalue weighted by molar-refractivity contribution is 8.93. The van der Waals surface area contributed by atoms with Gasteiger partial charge in [-0.25, -0.2) is 4.79 Å². The second-order valence-corrected chi connectivity index (χ2v) is 8.61. The van der Waals surface area contributed by atoms with Crippen LogP contribution in [0.3, 0.4) is 0 Å². The first-order valence-corrected chi connectivity index (χ1v) is 10.7. The Morgan fingerprint density at radius 1 is 1.17 bits per heavy atom. The zero-order valence-corrected chi connectivity index (χ0v) is 19.0. The molecule has 0 saturated carbocycles. The van der Waals surface area contributed by atoms with Gasteiger partial charge < -0.3 is 14.4 Å². The third-order valence-corrected chi connectivity index (χ3v) is 6.76. The molecule has 4 nitrogen and oxygen atoms in total. The monoisotopic (exact) mass is 469 g/mol. The Hall–Kier alpha value is -2.27. The van der Waals surface area contributed by atoms with Crippen molar-refractivity contribution in [3.63, 3.8) is 0 Å². The van der Waals surface area contributed by atoms with E-state index in [-0.39, 0.29) is 34.3 Å². The third-order valence-electron chi connectivity index (χ3n) is 6.76. The van der Waals surface area contributed by atoms with Crippen LogP contribution in [0, 0.1) is 0 Å². The number of anilines is 1. The van der Waals surface area contributed by atoms with Crippen molar-refractivity contribution in [1.82, 2.24) is 0 Å². The highest BCUT2D eigenvalue weighted by atomic mass is 79.9. The van der Waals surface area contributed by atoms with Crippen LogP contribution >= 0.6 is 17.0 Å². The molecule has 1 saturated heterocycles. The Kier molecular flexibility index (Phi) is 5.92. The van der Waals surface area contributed by atoms with Crippen molar-refractivity contribution in [3.8, 4) is 5.75 Å². The van der Waals surface area contributed by atoms with E-state index in [4.69, 9.17) is 4.42 Å². The van der Waals surface area contributed by atoms with E-state index >= 15 is 0 Å². The van der Waals surface area contributed by atoms with Crippen LogP contribution in [-0.4, -0.2) is 18.2 Å². The number of aryl methyl sites for hydroxylation is 1. The topological polar surface area (TPSA) is 53.7 Å². The first-order valence-electron chi connectivity index (χ1n) is 10.7. The lowest BCUT2D eigenvalue weighted by atomic mass is 9.81. The summed E-state index contributed by atoms with van der Waals surface area (Å²) in [5, 5.41) is 11.6. The summed E-state index contributed by atoms with van der Waals surface area (Å²) in [6.07, 6.45) is 5.23. The molecule has 3 aliphatic heterocycles. The highest BCUT2D eigenvalue weighted by Gasteiger charge is 2.36. The number of phenols is 1. The number of phenolic OH excluding ortho intramolecular Hbond substituents is 1. The fraction of sp³-hybridized carbons (Fsp3) is 0.400. The average Bonchev–Trinajstić information content (AvgIpc) is 2.74. The van der Waals surface area contributed by atoms with E-state index in [1.165, 1.54) is 5.56 Å². The van der Waals surface area contributed by atoms with Crippen molar-refractivity contribution in [1.29, 1.82) is 0 Å². The lowest BCUT2D eigenvalue weighted by Crippen LogP contribution is -2.42. The van der Waals surface area contributed by atoms with E-state index in [0.29, 0.717) is 17.2 Å². The van der Waals surface area contributed by atoms with E-state index in [1.54, 1.807) is 0 Å². The van der Waals surface area contributed by atoms with Crippen LogP contribution in [0.2, 0.25) is 0 Å². The molecule has 0 radical (unpaired) electrons. The average molecular weight is 470 g/mol.